The summed E-state index contributed by atoms with van der Waals surface area (Å²) in [6.45, 7) is 0.870. The maximum absolute atomic E-state index is 12.8. The molecule has 3 rings (SSSR count). The number of aliphatic hydroxyl groups excluding tert-OH is 1. The van der Waals surface area contributed by atoms with E-state index in [1.165, 1.54) is 17.2 Å². The zero-order valence-electron chi connectivity index (χ0n) is 18.9. The first-order chi connectivity index (χ1) is 16.7. The normalized spacial score (nSPS) is 25.0. The van der Waals surface area contributed by atoms with Crippen molar-refractivity contribution in [1.82, 2.24) is 24.6 Å². The average Bonchev–Trinajstić information content (AvgIpc) is 3.34. The molecule has 0 spiro atoms. The molecule has 204 valence electrons. The third kappa shape index (κ3) is 7.82. The molecule has 21 heteroatoms. The van der Waals surface area contributed by atoms with Crippen LogP contribution in [-0.4, -0.2) is 70.7 Å². The van der Waals surface area contributed by atoms with Crippen molar-refractivity contribution >= 4 is 40.4 Å². The molecule has 9 N–H and O–H groups in total. The monoisotopic (exact) mass is 575 g/mol. The second-order valence-corrected chi connectivity index (χ2v) is 12.6. The minimum atomic E-state index is -5.51. The SMILES string of the molecule is CCC(N)CCNP(=O)(O)OP(=O)(OC[C@H]1O[C@@H](n2cnc3c(N)ncnc32)CC1O)OP(=O)(O)O. The van der Waals surface area contributed by atoms with Gasteiger partial charge in [0, 0.05) is 19.0 Å². The van der Waals surface area contributed by atoms with Crippen LogP contribution in [0.1, 0.15) is 32.4 Å². The Morgan fingerprint density at radius 1 is 1.25 bits per heavy atom. The molecule has 0 aromatic carbocycles. The highest BCUT2D eigenvalue weighted by Gasteiger charge is 2.45. The van der Waals surface area contributed by atoms with Gasteiger partial charge in [0.1, 0.15) is 24.2 Å². The van der Waals surface area contributed by atoms with Gasteiger partial charge in [-0.25, -0.2) is 33.7 Å². The summed E-state index contributed by atoms with van der Waals surface area (Å²) in [6, 6.07) is -0.295. The van der Waals surface area contributed by atoms with Gasteiger partial charge in [-0.2, -0.15) is 8.62 Å². The van der Waals surface area contributed by atoms with Crippen molar-refractivity contribution < 1.29 is 51.4 Å². The number of aromatic nitrogens is 4. The minimum absolute atomic E-state index is 0.00830. The lowest BCUT2D eigenvalue weighted by Gasteiger charge is -2.23. The Labute approximate surface area is 204 Å². The molecule has 1 saturated heterocycles. The van der Waals surface area contributed by atoms with Crippen molar-refractivity contribution in [3.63, 3.8) is 0 Å². The van der Waals surface area contributed by atoms with E-state index in [2.05, 4.69) is 28.7 Å². The van der Waals surface area contributed by atoms with Crippen LogP contribution in [0.4, 0.5) is 5.82 Å². The Balaban J connectivity index is 1.68. The molecule has 3 heterocycles. The zero-order valence-corrected chi connectivity index (χ0v) is 21.6. The number of fused-ring (bicyclic) bond motifs is 1. The van der Waals surface area contributed by atoms with Gasteiger partial charge < -0.3 is 36.0 Å². The van der Waals surface area contributed by atoms with Gasteiger partial charge in [0.15, 0.2) is 11.5 Å². The predicted molar refractivity (Wildman–Crippen MR) is 123 cm³/mol. The van der Waals surface area contributed by atoms with E-state index in [0.717, 1.165) is 0 Å². The Kier molecular flexibility index (Phi) is 9.39. The third-order valence-corrected chi connectivity index (χ3v) is 9.49. The van der Waals surface area contributed by atoms with E-state index in [1.54, 1.807) is 6.92 Å². The summed E-state index contributed by atoms with van der Waals surface area (Å²) in [6.07, 6.45) is 0.141. The molecule has 6 atom stereocenters. The molecule has 18 nitrogen and oxygen atoms in total. The summed E-state index contributed by atoms with van der Waals surface area (Å²) in [7, 11) is -15.8. The number of aliphatic hydroxyl groups is 1. The van der Waals surface area contributed by atoms with Gasteiger partial charge in [-0.1, -0.05) is 6.92 Å². The number of nitrogen functional groups attached to an aromatic ring is 1. The predicted octanol–water partition coefficient (Wildman–Crippen LogP) is 0.125. The van der Waals surface area contributed by atoms with Crippen molar-refractivity contribution in [3.05, 3.63) is 12.7 Å². The van der Waals surface area contributed by atoms with Gasteiger partial charge in [0.05, 0.1) is 19.0 Å². The topological polar surface area (TPSA) is 277 Å². The number of phosphoric acid groups is 2. The number of anilines is 1. The number of ether oxygens (including phenoxy) is 1. The van der Waals surface area contributed by atoms with Crippen LogP contribution < -0.4 is 16.6 Å². The molecular weight excluding hydrogens is 547 g/mol. The molecule has 0 radical (unpaired) electrons. The van der Waals surface area contributed by atoms with Crippen LogP contribution in [0.15, 0.2) is 12.7 Å². The summed E-state index contributed by atoms with van der Waals surface area (Å²) >= 11 is 0. The Morgan fingerprint density at radius 2 is 1.97 bits per heavy atom. The van der Waals surface area contributed by atoms with Crippen LogP contribution in [0, 0.1) is 0 Å². The summed E-state index contributed by atoms with van der Waals surface area (Å²) in [4.78, 5) is 40.1. The number of hydrogen-bond acceptors (Lipinski definition) is 13. The second-order valence-electron chi connectivity index (χ2n) is 7.80. The van der Waals surface area contributed by atoms with Crippen molar-refractivity contribution in [2.24, 2.45) is 5.73 Å². The fourth-order valence-corrected chi connectivity index (χ4v) is 7.10. The fraction of sp³-hybridized carbons (Fsp3) is 0.667. The highest BCUT2D eigenvalue weighted by molar-refractivity contribution is 7.67. The number of rotatable bonds is 13. The molecule has 2 aromatic rings. The number of nitrogens with two attached hydrogens (primary N) is 2. The third-order valence-electron chi connectivity index (χ3n) is 5.07. The van der Waals surface area contributed by atoms with Gasteiger partial charge >= 0.3 is 23.4 Å². The Bertz CT molecular complexity index is 1190. The number of hydrogen-bond donors (Lipinski definition) is 7. The maximum Gasteiger partial charge on any atom is 0.492 e. The number of nitrogens with zero attached hydrogens (tertiary/aromatic N) is 4. The van der Waals surface area contributed by atoms with E-state index in [0.29, 0.717) is 17.6 Å². The van der Waals surface area contributed by atoms with Crippen molar-refractivity contribution in [1.29, 1.82) is 0 Å². The van der Waals surface area contributed by atoms with Crippen molar-refractivity contribution in [2.75, 3.05) is 18.9 Å². The Hall–Kier alpha value is -1.36. The van der Waals surface area contributed by atoms with Crippen LogP contribution in [0.2, 0.25) is 0 Å². The smallest absolute Gasteiger partial charge is 0.390 e. The van der Waals surface area contributed by atoms with E-state index in [4.69, 9.17) is 30.5 Å². The molecule has 4 unspecified atom stereocenters. The van der Waals surface area contributed by atoms with Crippen molar-refractivity contribution in [2.45, 2.75) is 50.7 Å². The molecular formula is C15H28N7O11P3. The van der Waals surface area contributed by atoms with E-state index in [1.807, 2.05) is 0 Å². The first kappa shape index (κ1) is 29.2. The van der Waals surface area contributed by atoms with Crippen LogP contribution in [-0.2, 0) is 31.6 Å². The van der Waals surface area contributed by atoms with Crippen LogP contribution in [0.3, 0.4) is 0 Å². The molecule has 1 aliphatic rings. The average molecular weight is 575 g/mol. The highest BCUT2D eigenvalue weighted by Crippen LogP contribution is 2.67. The molecule has 0 bridgehead atoms. The first-order valence-corrected chi connectivity index (χ1v) is 15.1. The molecule has 0 amide bonds. The van der Waals surface area contributed by atoms with Crippen molar-refractivity contribution in [3.8, 4) is 0 Å². The lowest BCUT2D eigenvalue weighted by atomic mass is 10.2. The van der Waals surface area contributed by atoms with E-state index in [-0.39, 0.29) is 31.2 Å². The minimum Gasteiger partial charge on any atom is -0.390 e. The van der Waals surface area contributed by atoms with E-state index < -0.39 is 48.4 Å². The van der Waals surface area contributed by atoms with Gasteiger partial charge in [-0.3, -0.25) is 9.09 Å². The summed E-state index contributed by atoms with van der Waals surface area (Å²) in [5.74, 6) is 0.128. The largest absolute Gasteiger partial charge is 0.492 e. The maximum atomic E-state index is 12.8. The van der Waals surface area contributed by atoms with Gasteiger partial charge in [0.25, 0.3) is 0 Å². The zero-order chi connectivity index (χ0) is 26.7. The quantitative estimate of drug-likeness (QED) is 0.156. The summed E-state index contributed by atoms with van der Waals surface area (Å²) in [5, 5.41) is 12.4. The number of nitrogens with one attached hydrogen (secondary N) is 1. The second kappa shape index (κ2) is 11.6. The molecule has 36 heavy (non-hydrogen) atoms. The number of imidazole rings is 1. The molecule has 2 aromatic heterocycles. The molecule has 0 aliphatic carbocycles. The van der Waals surface area contributed by atoms with Crippen LogP contribution in [0.25, 0.3) is 11.2 Å². The lowest BCUT2D eigenvalue weighted by molar-refractivity contribution is -0.0420. The van der Waals surface area contributed by atoms with Gasteiger partial charge in [0.2, 0.25) is 0 Å². The summed E-state index contributed by atoms with van der Waals surface area (Å²) in [5.41, 5.74) is 12.1. The summed E-state index contributed by atoms with van der Waals surface area (Å²) < 4.78 is 57.0. The van der Waals surface area contributed by atoms with E-state index >= 15 is 0 Å². The van der Waals surface area contributed by atoms with Gasteiger partial charge in [-0.05, 0) is 12.8 Å². The Morgan fingerprint density at radius 3 is 2.64 bits per heavy atom. The van der Waals surface area contributed by atoms with Crippen LogP contribution >= 0.6 is 23.4 Å². The van der Waals surface area contributed by atoms with E-state index in [9.17, 15) is 23.7 Å². The fourth-order valence-electron chi connectivity index (χ4n) is 3.23. The molecule has 0 saturated carbocycles. The van der Waals surface area contributed by atoms with Crippen LogP contribution in [0.5, 0.6) is 0 Å². The lowest BCUT2D eigenvalue weighted by Crippen LogP contribution is -2.27. The highest BCUT2D eigenvalue weighted by atomic mass is 31.3. The first-order valence-electron chi connectivity index (χ1n) is 10.5. The molecule has 1 aliphatic heterocycles. The van der Waals surface area contributed by atoms with Gasteiger partial charge in [-0.15, -0.1) is 0 Å². The standard InChI is InChI=1S/C15H28N7O11P3/c1-2-9(16)3-4-21-34(24,25)32-36(29,33-35(26,27)28)30-6-11-10(23)5-12(31-11)22-8-20-13-14(17)18-7-19-15(13)22/h7-12,23H,2-6,16H2,1H3,(H2,17,18,19)(H2,21,24,25)(H2,26,27,28)/t9?,10?,11-,12-,36?/m1/s1. The molecule has 1 fully saturated rings.